The molecule has 0 saturated heterocycles. The van der Waals surface area contributed by atoms with Gasteiger partial charge in [-0.25, -0.2) is 4.98 Å². The number of anilines is 1. The topological polar surface area (TPSA) is 57.8 Å². The lowest BCUT2D eigenvalue weighted by molar-refractivity contribution is 0.102. The van der Waals surface area contributed by atoms with E-state index in [4.69, 9.17) is 0 Å². The van der Waals surface area contributed by atoms with Crippen molar-refractivity contribution in [1.29, 1.82) is 0 Å². The molecule has 0 radical (unpaired) electrons. The number of aromatic amines is 1. The van der Waals surface area contributed by atoms with Crippen LogP contribution in [0.4, 0.5) is 5.69 Å². The Morgan fingerprint density at radius 1 is 1.47 bits per heavy atom. The molecule has 1 aromatic carbocycles. The van der Waals surface area contributed by atoms with Gasteiger partial charge in [0, 0.05) is 5.69 Å². The molecule has 0 aliphatic heterocycles. The number of para-hydroxylation sites is 1. The average Bonchev–Trinajstić information content (AvgIpc) is 2.85. The largest absolute Gasteiger partial charge is 0.341 e. The van der Waals surface area contributed by atoms with Gasteiger partial charge in [0.2, 0.25) is 0 Å². The molecule has 0 aliphatic carbocycles. The molecule has 0 spiro atoms. The molecule has 0 saturated carbocycles. The fraction of sp³-hybridized carbons (Fsp3) is 0.231. The molecule has 1 aromatic heterocycles. The van der Waals surface area contributed by atoms with Gasteiger partial charge in [0.15, 0.2) is 0 Å². The summed E-state index contributed by atoms with van der Waals surface area (Å²) in [5.74, 6) is -0.161. The molecule has 2 aromatic rings. The van der Waals surface area contributed by atoms with Crippen molar-refractivity contribution in [3.8, 4) is 0 Å². The SMILES string of the molecule is CCc1cccc(C)c1NC(=O)c1cnc[nH]1. The number of amides is 1. The Morgan fingerprint density at radius 3 is 2.94 bits per heavy atom. The molecule has 1 amide bonds. The van der Waals surface area contributed by atoms with Crippen molar-refractivity contribution in [2.75, 3.05) is 5.32 Å². The molecular weight excluding hydrogens is 214 g/mol. The van der Waals surface area contributed by atoms with Crippen LogP contribution in [0.25, 0.3) is 0 Å². The Morgan fingerprint density at radius 2 is 2.29 bits per heavy atom. The van der Waals surface area contributed by atoms with Crippen LogP contribution in [0.5, 0.6) is 0 Å². The summed E-state index contributed by atoms with van der Waals surface area (Å²) in [6.07, 6.45) is 3.90. The highest BCUT2D eigenvalue weighted by Gasteiger charge is 2.11. The van der Waals surface area contributed by atoms with E-state index in [2.05, 4.69) is 22.2 Å². The molecule has 0 fully saturated rings. The van der Waals surface area contributed by atoms with Crippen molar-refractivity contribution in [2.45, 2.75) is 20.3 Å². The van der Waals surface area contributed by atoms with Gasteiger partial charge in [0.05, 0.1) is 12.5 Å². The summed E-state index contributed by atoms with van der Waals surface area (Å²) in [6.45, 7) is 4.06. The first-order chi connectivity index (χ1) is 8.22. The molecule has 4 nitrogen and oxygen atoms in total. The molecule has 2 N–H and O–H groups in total. The first-order valence-electron chi connectivity index (χ1n) is 5.60. The zero-order valence-electron chi connectivity index (χ0n) is 9.95. The fourth-order valence-corrected chi connectivity index (χ4v) is 1.76. The minimum Gasteiger partial charge on any atom is -0.341 e. The van der Waals surface area contributed by atoms with Crippen molar-refractivity contribution in [2.24, 2.45) is 0 Å². The number of nitrogens with zero attached hydrogens (tertiary/aromatic N) is 1. The smallest absolute Gasteiger partial charge is 0.273 e. The van der Waals surface area contributed by atoms with Gasteiger partial charge in [0.1, 0.15) is 5.69 Å². The van der Waals surface area contributed by atoms with Gasteiger partial charge in [-0.05, 0) is 24.5 Å². The standard InChI is InChI=1S/C13H15N3O/c1-3-10-6-4-5-9(2)12(10)16-13(17)11-7-14-8-15-11/h4-8H,3H2,1-2H3,(H,14,15)(H,16,17). The summed E-state index contributed by atoms with van der Waals surface area (Å²) in [5.41, 5.74) is 3.57. The van der Waals surface area contributed by atoms with Gasteiger partial charge >= 0.3 is 0 Å². The number of aromatic nitrogens is 2. The van der Waals surface area contributed by atoms with E-state index in [1.807, 2.05) is 25.1 Å². The number of rotatable bonds is 3. The van der Waals surface area contributed by atoms with Crippen molar-refractivity contribution < 1.29 is 4.79 Å². The Bertz CT molecular complexity index is 517. The summed E-state index contributed by atoms with van der Waals surface area (Å²) in [6, 6.07) is 6.01. The van der Waals surface area contributed by atoms with E-state index in [-0.39, 0.29) is 5.91 Å². The quantitative estimate of drug-likeness (QED) is 0.849. The molecule has 17 heavy (non-hydrogen) atoms. The van der Waals surface area contributed by atoms with Gasteiger partial charge < -0.3 is 10.3 Å². The van der Waals surface area contributed by atoms with Crippen LogP contribution >= 0.6 is 0 Å². The monoisotopic (exact) mass is 229 g/mol. The van der Waals surface area contributed by atoms with E-state index in [0.29, 0.717) is 5.69 Å². The van der Waals surface area contributed by atoms with Gasteiger partial charge in [-0.1, -0.05) is 25.1 Å². The Labute approximate surface area is 100 Å². The number of benzene rings is 1. The van der Waals surface area contributed by atoms with Crippen LogP contribution < -0.4 is 5.32 Å². The number of hydrogen-bond donors (Lipinski definition) is 2. The average molecular weight is 229 g/mol. The molecule has 0 aliphatic rings. The van der Waals surface area contributed by atoms with Gasteiger partial charge in [-0.15, -0.1) is 0 Å². The van der Waals surface area contributed by atoms with E-state index in [1.165, 1.54) is 12.5 Å². The summed E-state index contributed by atoms with van der Waals surface area (Å²) in [7, 11) is 0. The van der Waals surface area contributed by atoms with Gasteiger partial charge in [0.25, 0.3) is 5.91 Å². The summed E-state index contributed by atoms with van der Waals surface area (Å²) in [4.78, 5) is 18.5. The fourth-order valence-electron chi connectivity index (χ4n) is 1.76. The predicted molar refractivity (Wildman–Crippen MR) is 67.1 cm³/mol. The number of imidazole rings is 1. The molecule has 2 rings (SSSR count). The second-order valence-corrected chi connectivity index (χ2v) is 3.88. The number of H-pyrrole nitrogens is 1. The number of nitrogens with one attached hydrogen (secondary N) is 2. The minimum absolute atomic E-state index is 0.161. The van der Waals surface area contributed by atoms with Crippen molar-refractivity contribution >= 4 is 11.6 Å². The van der Waals surface area contributed by atoms with Crippen molar-refractivity contribution in [3.63, 3.8) is 0 Å². The zero-order chi connectivity index (χ0) is 12.3. The number of aryl methyl sites for hydroxylation is 2. The molecule has 0 atom stereocenters. The number of carbonyl (C=O) groups excluding carboxylic acids is 1. The van der Waals surface area contributed by atoms with Crippen LogP contribution in [0.2, 0.25) is 0 Å². The van der Waals surface area contributed by atoms with Gasteiger partial charge in [-0.3, -0.25) is 4.79 Å². The maximum atomic E-state index is 11.9. The maximum Gasteiger partial charge on any atom is 0.273 e. The first kappa shape index (κ1) is 11.4. The van der Waals surface area contributed by atoms with Crippen LogP contribution in [-0.4, -0.2) is 15.9 Å². The van der Waals surface area contributed by atoms with E-state index in [0.717, 1.165) is 23.2 Å². The molecular formula is C13H15N3O. The van der Waals surface area contributed by atoms with E-state index >= 15 is 0 Å². The normalized spacial score (nSPS) is 10.2. The maximum absolute atomic E-state index is 11.9. The first-order valence-corrected chi connectivity index (χ1v) is 5.60. The van der Waals surface area contributed by atoms with Crippen LogP contribution in [0.15, 0.2) is 30.7 Å². The molecule has 88 valence electrons. The summed E-state index contributed by atoms with van der Waals surface area (Å²) >= 11 is 0. The van der Waals surface area contributed by atoms with E-state index in [9.17, 15) is 4.79 Å². The zero-order valence-corrected chi connectivity index (χ0v) is 9.95. The predicted octanol–water partition coefficient (Wildman–Crippen LogP) is 2.53. The van der Waals surface area contributed by atoms with Crippen molar-refractivity contribution in [3.05, 3.63) is 47.5 Å². The number of hydrogen-bond acceptors (Lipinski definition) is 2. The molecule has 1 heterocycles. The lowest BCUT2D eigenvalue weighted by atomic mass is 10.1. The third-order valence-electron chi connectivity index (χ3n) is 2.72. The van der Waals surface area contributed by atoms with Crippen molar-refractivity contribution in [1.82, 2.24) is 9.97 Å². The highest BCUT2D eigenvalue weighted by molar-refractivity contribution is 6.03. The summed E-state index contributed by atoms with van der Waals surface area (Å²) < 4.78 is 0. The van der Waals surface area contributed by atoms with Crippen LogP contribution in [0, 0.1) is 6.92 Å². The second-order valence-electron chi connectivity index (χ2n) is 3.88. The Balaban J connectivity index is 2.27. The van der Waals surface area contributed by atoms with E-state index < -0.39 is 0 Å². The Kier molecular flexibility index (Phi) is 3.23. The lowest BCUT2D eigenvalue weighted by Crippen LogP contribution is -2.14. The van der Waals surface area contributed by atoms with Crippen LogP contribution in [0.3, 0.4) is 0 Å². The number of carbonyl (C=O) groups is 1. The summed E-state index contributed by atoms with van der Waals surface area (Å²) in [5, 5.41) is 2.92. The second kappa shape index (κ2) is 4.82. The lowest BCUT2D eigenvalue weighted by Gasteiger charge is -2.12. The van der Waals surface area contributed by atoms with E-state index in [1.54, 1.807) is 0 Å². The van der Waals surface area contributed by atoms with Crippen LogP contribution in [-0.2, 0) is 6.42 Å². The highest BCUT2D eigenvalue weighted by atomic mass is 16.1. The molecule has 0 bridgehead atoms. The molecule has 4 heteroatoms. The third-order valence-corrected chi connectivity index (χ3v) is 2.72. The highest BCUT2D eigenvalue weighted by Crippen LogP contribution is 2.21. The van der Waals surface area contributed by atoms with Gasteiger partial charge in [-0.2, -0.15) is 0 Å². The molecule has 0 unspecified atom stereocenters. The Hall–Kier alpha value is -2.10. The minimum atomic E-state index is -0.161. The van der Waals surface area contributed by atoms with Crippen LogP contribution in [0.1, 0.15) is 28.5 Å². The third kappa shape index (κ3) is 2.36.